The van der Waals surface area contributed by atoms with Crippen LogP contribution < -0.4 is 20.9 Å². The van der Waals surface area contributed by atoms with Gasteiger partial charge in [0.1, 0.15) is 0 Å². The van der Waals surface area contributed by atoms with E-state index in [-0.39, 0.29) is 35.8 Å². The summed E-state index contributed by atoms with van der Waals surface area (Å²) in [5.41, 5.74) is 9.20. The average Bonchev–Trinajstić information content (AvgIpc) is 3.52. The maximum absolute atomic E-state index is 13.9. The average molecular weight is 525 g/mol. The third kappa shape index (κ3) is 6.10. The summed E-state index contributed by atoms with van der Waals surface area (Å²) in [4.78, 5) is 55.8. The molecule has 3 amide bonds. The van der Waals surface area contributed by atoms with Gasteiger partial charge in [0.05, 0.1) is 30.0 Å². The topological polar surface area (TPSA) is 113 Å². The number of hydrogen-bond donors (Lipinski definition) is 2. The predicted molar refractivity (Wildman–Crippen MR) is 145 cm³/mol. The lowest BCUT2D eigenvalue weighted by Gasteiger charge is -2.37. The van der Waals surface area contributed by atoms with Crippen molar-refractivity contribution in [1.29, 1.82) is 0 Å². The number of benzene rings is 1. The van der Waals surface area contributed by atoms with Gasteiger partial charge in [-0.2, -0.15) is 11.3 Å². The largest absolute Gasteiger partial charge is 0.345 e. The standard InChI is InChI=1S/C28H36N4O4S/c1-17(2)12-22(30-27(35)18(3)29)24(33)14-21-13-20-6-4-7-23(31-10-5-8-25(31)34)26(20)32(28(21)36)15-19-9-11-37-16-19/h4,6-7,9,11,16-18,21-22H,5,8,10,12-15,29H2,1-3H3,(H,30,35)/t18-,21?,22-/m1/s1. The van der Waals surface area contributed by atoms with Crippen molar-refractivity contribution in [2.75, 3.05) is 16.3 Å². The van der Waals surface area contributed by atoms with E-state index >= 15 is 0 Å². The number of hydrogen-bond acceptors (Lipinski definition) is 6. The number of anilines is 2. The molecule has 37 heavy (non-hydrogen) atoms. The first-order chi connectivity index (χ1) is 17.7. The first-order valence-corrected chi connectivity index (χ1v) is 13.9. The second-order valence-corrected chi connectivity index (χ2v) is 11.3. The van der Waals surface area contributed by atoms with Crippen LogP contribution in [0.3, 0.4) is 0 Å². The Kier molecular flexibility index (Phi) is 8.44. The van der Waals surface area contributed by atoms with E-state index in [0.29, 0.717) is 32.4 Å². The van der Waals surface area contributed by atoms with Gasteiger partial charge in [-0.25, -0.2) is 0 Å². The highest BCUT2D eigenvalue weighted by atomic mass is 32.1. The van der Waals surface area contributed by atoms with E-state index in [1.165, 1.54) is 0 Å². The molecule has 1 aromatic carbocycles. The molecule has 1 fully saturated rings. The number of nitrogens with two attached hydrogens (primary N) is 1. The highest BCUT2D eigenvalue weighted by Gasteiger charge is 2.39. The zero-order valence-corrected chi connectivity index (χ0v) is 22.6. The fourth-order valence-electron chi connectivity index (χ4n) is 5.17. The lowest BCUT2D eigenvalue weighted by atomic mass is 9.85. The molecule has 3 N–H and O–H groups in total. The molecule has 3 heterocycles. The van der Waals surface area contributed by atoms with Crippen LogP contribution in [-0.4, -0.2) is 42.1 Å². The molecule has 2 aliphatic heterocycles. The number of thiophene rings is 1. The molecule has 1 unspecified atom stereocenters. The van der Waals surface area contributed by atoms with E-state index in [0.717, 1.165) is 28.9 Å². The first kappa shape index (κ1) is 27.0. The summed E-state index contributed by atoms with van der Waals surface area (Å²) in [6, 6.07) is 6.38. The van der Waals surface area contributed by atoms with Gasteiger partial charge in [0.2, 0.25) is 17.7 Å². The summed E-state index contributed by atoms with van der Waals surface area (Å²) in [6.07, 6.45) is 2.22. The van der Waals surface area contributed by atoms with Crippen molar-refractivity contribution in [2.24, 2.45) is 17.6 Å². The Morgan fingerprint density at radius 1 is 1.19 bits per heavy atom. The minimum atomic E-state index is -0.724. The molecular formula is C28H36N4O4S. The van der Waals surface area contributed by atoms with Crippen molar-refractivity contribution in [3.05, 3.63) is 46.2 Å². The number of amides is 3. The summed E-state index contributed by atoms with van der Waals surface area (Å²) in [5.74, 6) is -0.974. The Labute approximate surface area is 222 Å². The molecule has 0 radical (unpaired) electrons. The van der Waals surface area contributed by atoms with Crippen molar-refractivity contribution in [3.63, 3.8) is 0 Å². The van der Waals surface area contributed by atoms with Crippen LogP contribution in [0.4, 0.5) is 11.4 Å². The molecule has 3 atom stereocenters. The van der Waals surface area contributed by atoms with Gasteiger partial charge in [0.15, 0.2) is 5.78 Å². The Balaban J connectivity index is 1.65. The Bertz CT molecular complexity index is 1160. The number of Topliss-reactive ketones (excluding diaryl/α,β-unsaturated/α-hetero) is 1. The highest BCUT2D eigenvalue weighted by molar-refractivity contribution is 7.07. The second kappa shape index (κ2) is 11.6. The van der Waals surface area contributed by atoms with Gasteiger partial charge in [-0.15, -0.1) is 0 Å². The van der Waals surface area contributed by atoms with E-state index in [1.54, 1.807) is 28.1 Å². The van der Waals surface area contributed by atoms with E-state index in [1.807, 2.05) is 48.9 Å². The monoisotopic (exact) mass is 524 g/mol. The predicted octanol–water partition coefficient (Wildman–Crippen LogP) is 3.42. The van der Waals surface area contributed by atoms with E-state index in [2.05, 4.69) is 5.32 Å². The van der Waals surface area contributed by atoms with Gasteiger partial charge in [0.25, 0.3) is 0 Å². The van der Waals surface area contributed by atoms with Crippen LogP contribution in [0.5, 0.6) is 0 Å². The zero-order valence-electron chi connectivity index (χ0n) is 21.7. The maximum Gasteiger partial charge on any atom is 0.237 e. The quantitative estimate of drug-likeness (QED) is 0.495. The van der Waals surface area contributed by atoms with E-state index < -0.39 is 18.0 Å². The zero-order chi connectivity index (χ0) is 26.7. The number of nitrogens with one attached hydrogen (secondary N) is 1. The SMILES string of the molecule is CC(C)C[C@@H](NC(=O)[C@@H](C)N)C(=O)CC1Cc2cccc(N3CCCC3=O)c2N(Cc2ccsc2)C1=O. The molecule has 2 aliphatic rings. The van der Waals surface area contributed by atoms with Gasteiger partial charge in [0, 0.05) is 25.3 Å². The minimum absolute atomic E-state index is 0.0297. The van der Waals surface area contributed by atoms with Gasteiger partial charge >= 0.3 is 0 Å². The molecule has 9 heteroatoms. The Morgan fingerprint density at radius 2 is 1.97 bits per heavy atom. The van der Waals surface area contributed by atoms with E-state index in [4.69, 9.17) is 5.73 Å². The van der Waals surface area contributed by atoms with Crippen LogP contribution in [0, 0.1) is 11.8 Å². The summed E-state index contributed by atoms with van der Waals surface area (Å²) < 4.78 is 0. The van der Waals surface area contributed by atoms with Crippen LogP contribution in [0.1, 0.15) is 57.6 Å². The molecule has 198 valence electrons. The number of para-hydroxylation sites is 1. The van der Waals surface area contributed by atoms with E-state index in [9.17, 15) is 19.2 Å². The number of nitrogens with zero attached hydrogens (tertiary/aromatic N) is 2. The third-order valence-electron chi connectivity index (χ3n) is 7.01. The maximum atomic E-state index is 13.9. The lowest BCUT2D eigenvalue weighted by Crippen LogP contribution is -2.49. The van der Waals surface area contributed by atoms with Gasteiger partial charge in [-0.05, 0) is 66.1 Å². The van der Waals surface area contributed by atoms with Gasteiger partial charge in [-0.1, -0.05) is 26.0 Å². The molecule has 0 spiro atoms. The third-order valence-corrected chi connectivity index (χ3v) is 7.74. The number of ketones is 1. The number of carbonyl (C=O) groups is 4. The van der Waals surface area contributed by atoms with Crippen molar-refractivity contribution >= 4 is 46.2 Å². The molecule has 2 aromatic rings. The molecule has 1 aromatic heterocycles. The number of rotatable bonds is 10. The number of carbonyl (C=O) groups excluding carboxylic acids is 4. The van der Waals surface area contributed by atoms with Crippen molar-refractivity contribution in [2.45, 2.75) is 71.5 Å². The van der Waals surface area contributed by atoms with Crippen LogP contribution in [0.15, 0.2) is 35.0 Å². The normalized spacial score (nSPS) is 19.2. The summed E-state index contributed by atoms with van der Waals surface area (Å²) >= 11 is 1.56. The number of fused-ring (bicyclic) bond motifs is 1. The van der Waals surface area contributed by atoms with Crippen LogP contribution in [0.2, 0.25) is 0 Å². The molecule has 4 rings (SSSR count). The van der Waals surface area contributed by atoms with Crippen LogP contribution in [0.25, 0.3) is 0 Å². The van der Waals surface area contributed by atoms with Crippen LogP contribution in [-0.2, 0) is 32.1 Å². The molecule has 1 saturated heterocycles. The first-order valence-electron chi connectivity index (χ1n) is 13.0. The Hall–Kier alpha value is -3.04. The molecule has 0 aliphatic carbocycles. The van der Waals surface area contributed by atoms with Crippen molar-refractivity contribution < 1.29 is 19.2 Å². The van der Waals surface area contributed by atoms with Crippen LogP contribution >= 0.6 is 11.3 Å². The second-order valence-electron chi connectivity index (χ2n) is 10.5. The summed E-state index contributed by atoms with van der Waals surface area (Å²) in [6.45, 7) is 6.57. The molecule has 0 saturated carbocycles. The van der Waals surface area contributed by atoms with Crippen molar-refractivity contribution in [3.8, 4) is 0 Å². The molecule has 0 bridgehead atoms. The van der Waals surface area contributed by atoms with Gasteiger partial charge in [-0.3, -0.25) is 19.2 Å². The Morgan fingerprint density at radius 3 is 2.59 bits per heavy atom. The fourth-order valence-corrected chi connectivity index (χ4v) is 5.83. The van der Waals surface area contributed by atoms with Gasteiger partial charge < -0.3 is 20.9 Å². The summed E-state index contributed by atoms with van der Waals surface area (Å²) in [7, 11) is 0. The lowest BCUT2D eigenvalue weighted by molar-refractivity contribution is -0.131. The molecular weight excluding hydrogens is 488 g/mol. The summed E-state index contributed by atoms with van der Waals surface area (Å²) in [5, 5.41) is 6.77. The smallest absolute Gasteiger partial charge is 0.237 e. The fraction of sp³-hybridized carbons (Fsp3) is 0.500. The molecule has 8 nitrogen and oxygen atoms in total. The highest BCUT2D eigenvalue weighted by Crippen LogP contribution is 2.42. The van der Waals surface area contributed by atoms with Crippen molar-refractivity contribution in [1.82, 2.24) is 5.32 Å². The minimum Gasteiger partial charge on any atom is -0.345 e.